The predicted molar refractivity (Wildman–Crippen MR) is 84.6 cm³/mol. The van der Waals surface area contributed by atoms with Crippen molar-refractivity contribution in [2.45, 2.75) is 17.9 Å². The van der Waals surface area contributed by atoms with Crippen LogP contribution in [0, 0.1) is 0 Å². The zero-order chi connectivity index (χ0) is 15.5. The van der Waals surface area contributed by atoms with Gasteiger partial charge < -0.3 is 10.2 Å². The Bertz CT molecular complexity index is 714. The van der Waals surface area contributed by atoms with Gasteiger partial charge in [-0.3, -0.25) is 0 Å². The van der Waals surface area contributed by atoms with Gasteiger partial charge in [-0.15, -0.1) is 0 Å². The van der Waals surface area contributed by atoms with Gasteiger partial charge in [0.05, 0.1) is 6.54 Å². The molecule has 0 spiro atoms. The first kappa shape index (κ1) is 16.5. The molecule has 1 aromatic carbocycles. The van der Waals surface area contributed by atoms with E-state index >= 15 is 0 Å². The van der Waals surface area contributed by atoms with Crippen LogP contribution in [0.4, 0.5) is 0 Å². The minimum absolute atomic E-state index is 0.0547. The minimum atomic E-state index is -3.63. The average Bonchev–Trinajstić information content (AvgIpc) is 2.83. The van der Waals surface area contributed by atoms with Crippen LogP contribution in [0.25, 0.3) is 0 Å². The largest absolute Gasteiger partial charge is 0.452 e. The van der Waals surface area contributed by atoms with Crippen LogP contribution < -0.4 is 10.5 Å². The smallest absolute Gasteiger partial charge is 0.244 e. The lowest BCUT2D eigenvalue weighted by Gasteiger charge is -2.05. The lowest BCUT2D eigenvalue weighted by Crippen LogP contribution is -2.25. The zero-order valence-electron chi connectivity index (χ0n) is 11.0. The van der Waals surface area contributed by atoms with E-state index in [1.807, 2.05) is 12.1 Å². The molecule has 0 fully saturated rings. The van der Waals surface area contributed by atoms with E-state index in [0.29, 0.717) is 17.2 Å². The number of furan rings is 1. The molecule has 2 aromatic rings. The first-order valence-corrected chi connectivity index (χ1v) is 8.80. The molecule has 0 unspecified atom stereocenters. The quantitative estimate of drug-likeness (QED) is 0.790. The average molecular weight is 394 g/mol. The summed E-state index contributed by atoms with van der Waals surface area (Å²) in [5, 5.41) is 0.649. The third-order valence-electron chi connectivity index (χ3n) is 2.82. The number of sulfonamides is 1. The standard InChI is InChI=1S/C13H14BrClN2O3S/c14-13-12(7-11(8-16)20-13)21(18,19)17-6-5-9-1-3-10(15)4-2-9/h1-4,7,17H,5-6,8,16H2. The van der Waals surface area contributed by atoms with Gasteiger partial charge in [0.1, 0.15) is 10.7 Å². The summed E-state index contributed by atoms with van der Waals surface area (Å²) in [6, 6.07) is 8.67. The first-order chi connectivity index (χ1) is 9.92. The Hall–Kier alpha value is -0.860. The highest BCUT2D eigenvalue weighted by Crippen LogP contribution is 2.25. The normalized spacial score (nSPS) is 11.8. The van der Waals surface area contributed by atoms with Gasteiger partial charge in [-0.2, -0.15) is 0 Å². The highest BCUT2D eigenvalue weighted by Gasteiger charge is 2.21. The van der Waals surface area contributed by atoms with Crippen LogP contribution in [0.15, 0.2) is 44.3 Å². The number of halogens is 2. The lowest BCUT2D eigenvalue weighted by molar-refractivity contribution is 0.483. The minimum Gasteiger partial charge on any atom is -0.452 e. The number of hydrogen-bond donors (Lipinski definition) is 2. The van der Waals surface area contributed by atoms with Crippen molar-refractivity contribution < 1.29 is 12.8 Å². The third kappa shape index (κ3) is 4.31. The Balaban J connectivity index is 2.01. The van der Waals surface area contributed by atoms with E-state index in [-0.39, 0.29) is 22.7 Å². The highest BCUT2D eigenvalue weighted by atomic mass is 79.9. The summed E-state index contributed by atoms with van der Waals surface area (Å²) in [5.74, 6) is 0.403. The van der Waals surface area contributed by atoms with Crippen LogP contribution in [0.1, 0.15) is 11.3 Å². The van der Waals surface area contributed by atoms with Crippen molar-refractivity contribution in [1.82, 2.24) is 4.72 Å². The summed E-state index contributed by atoms with van der Waals surface area (Å²) in [5.41, 5.74) is 6.42. The molecule has 0 bridgehead atoms. The van der Waals surface area contributed by atoms with E-state index in [4.69, 9.17) is 21.8 Å². The number of nitrogens with one attached hydrogen (secondary N) is 1. The summed E-state index contributed by atoms with van der Waals surface area (Å²) in [6.07, 6.45) is 0.565. The van der Waals surface area contributed by atoms with Gasteiger partial charge in [0.25, 0.3) is 0 Å². The van der Waals surface area contributed by atoms with E-state index in [0.717, 1.165) is 5.56 Å². The second-order valence-electron chi connectivity index (χ2n) is 4.33. The monoisotopic (exact) mass is 392 g/mol. The SMILES string of the molecule is NCc1cc(S(=O)(=O)NCCc2ccc(Cl)cc2)c(Br)o1. The van der Waals surface area contributed by atoms with Crippen LogP contribution >= 0.6 is 27.5 Å². The number of hydrogen-bond acceptors (Lipinski definition) is 4. The number of rotatable bonds is 6. The fourth-order valence-electron chi connectivity index (χ4n) is 1.74. The van der Waals surface area contributed by atoms with Gasteiger partial charge in [0.2, 0.25) is 10.0 Å². The molecule has 0 atom stereocenters. The van der Waals surface area contributed by atoms with E-state index in [1.165, 1.54) is 6.07 Å². The second-order valence-corrected chi connectivity index (χ2v) is 7.22. The molecule has 0 amide bonds. The summed E-state index contributed by atoms with van der Waals surface area (Å²) in [4.78, 5) is 0.0547. The highest BCUT2D eigenvalue weighted by molar-refractivity contribution is 9.10. The van der Waals surface area contributed by atoms with Gasteiger partial charge in [-0.25, -0.2) is 13.1 Å². The molecular formula is C13H14BrClN2O3S. The van der Waals surface area contributed by atoms with Crippen molar-refractivity contribution in [1.29, 1.82) is 0 Å². The topological polar surface area (TPSA) is 85.3 Å². The van der Waals surface area contributed by atoms with Crippen molar-refractivity contribution in [3.63, 3.8) is 0 Å². The maximum absolute atomic E-state index is 12.2. The van der Waals surface area contributed by atoms with E-state index in [1.54, 1.807) is 12.1 Å². The van der Waals surface area contributed by atoms with Gasteiger partial charge in [-0.1, -0.05) is 23.7 Å². The van der Waals surface area contributed by atoms with Crippen LogP contribution in [0.5, 0.6) is 0 Å². The predicted octanol–water partition coefficient (Wildman–Crippen LogP) is 2.68. The molecule has 0 aliphatic heterocycles. The molecule has 114 valence electrons. The molecule has 0 saturated carbocycles. The Labute approximate surface area is 136 Å². The fourth-order valence-corrected chi connectivity index (χ4v) is 3.89. The number of benzene rings is 1. The number of nitrogens with two attached hydrogens (primary N) is 1. The third-order valence-corrected chi connectivity index (χ3v) is 5.39. The Morgan fingerprint density at radius 3 is 2.52 bits per heavy atom. The van der Waals surface area contributed by atoms with Crippen molar-refractivity contribution in [2.75, 3.05) is 6.54 Å². The Morgan fingerprint density at radius 1 is 1.29 bits per heavy atom. The first-order valence-electron chi connectivity index (χ1n) is 6.15. The molecule has 1 aromatic heterocycles. The summed E-state index contributed by atoms with van der Waals surface area (Å²) < 4.78 is 32.2. The van der Waals surface area contributed by atoms with Crippen LogP contribution in [0.2, 0.25) is 5.02 Å². The van der Waals surface area contributed by atoms with Gasteiger partial charge in [0, 0.05) is 17.6 Å². The molecule has 3 N–H and O–H groups in total. The molecule has 21 heavy (non-hydrogen) atoms. The fraction of sp³-hybridized carbons (Fsp3) is 0.231. The van der Waals surface area contributed by atoms with E-state index < -0.39 is 10.0 Å². The zero-order valence-corrected chi connectivity index (χ0v) is 14.1. The summed E-state index contributed by atoms with van der Waals surface area (Å²) in [6.45, 7) is 0.415. The van der Waals surface area contributed by atoms with E-state index in [9.17, 15) is 8.42 Å². The van der Waals surface area contributed by atoms with E-state index in [2.05, 4.69) is 20.7 Å². The molecule has 2 rings (SSSR count). The molecular weight excluding hydrogens is 380 g/mol. The maximum atomic E-state index is 12.2. The molecule has 0 aliphatic rings. The van der Waals surface area contributed by atoms with Crippen LogP contribution in [-0.2, 0) is 23.0 Å². The van der Waals surface area contributed by atoms with Gasteiger partial charge >= 0.3 is 0 Å². The molecule has 8 heteroatoms. The van der Waals surface area contributed by atoms with Gasteiger partial charge in [-0.05, 0) is 40.0 Å². The van der Waals surface area contributed by atoms with Crippen LogP contribution in [-0.4, -0.2) is 15.0 Å². The van der Waals surface area contributed by atoms with Crippen molar-refractivity contribution in [3.05, 3.63) is 51.3 Å². The molecule has 5 nitrogen and oxygen atoms in total. The van der Waals surface area contributed by atoms with Crippen molar-refractivity contribution in [3.8, 4) is 0 Å². The molecule has 1 heterocycles. The molecule has 0 radical (unpaired) electrons. The second kappa shape index (κ2) is 6.93. The maximum Gasteiger partial charge on any atom is 0.244 e. The summed E-state index contributed by atoms with van der Waals surface area (Å²) >= 11 is 8.88. The van der Waals surface area contributed by atoms with Crippen molar-refractivity contribution >= 4 is 37.6 Å². The summed E-state index contributed by atoms with van der Waals surface area (Å²) in [7, 11) is -3.63. The Kier molecular flexibility index (Phi) is 5.45. The molecule has 0 aliphatic carbocycles. The van der Waals surface area contributed by atoms with Gasteiger partial charge in [0.15, 0.2) is 4.67 Å². The molecule has 0 saturated heterocycles. The van der Waals surface area contributed by atoms with Crippen LogP contribution in [0.3, 0.4) is 0 Å². The van der Waals surface area contributed by atoms with Crippen molar-refractivity contribution in [2.24, 2.45) is 5.73 Å². The Morgan fingerprint density at radius 2 is 1.95 bits per heavy atom. The lowest BCUT2D eigenvalue weighted by atomic mass is 10.2.